The summed E-state index contributed by atoms with van der Waals surface area (Å²) in [4.78, 5) is 17.6. The van der Waals surface area contributed by atoms with Crippen molar-refractivity contribution in [3.8, 4) is 0 Å². The van der Waals surface area contributed by atoms with Gasteiger partial charge in [0.05, 0.1) is 12.6 Å². The Labute approximate surface area is 85.5 Å². The van der Waals surface area contributed by atoms with E-state index in [1.807, 2.05) is 25.2 Å². The fraction of sp³-hybridized carbons (Fsp3) is 0.636. The lowest BCUT2D eigenvalue weighted by atomic mass is 9.98. The van der Waals surface area contributed by atoms with Crippen LogP contribution in [0.25, 0.3) is 0 Å². The van der Waals surface area contributed by atoms with Crippen molar-refractivity contribution in [3.05, 3.63) is 11.6 Å². The highest BCUT2D eigenvalue weighted by Gasteiger charge is 2.21. The number of hydrogen-bond acceptors (Lipinski definition) is 3. The molecule has 0 aromatic carbocycles. The predicted octanol–water partition coefficient (Wildman–Crippen LogP) is 1.30. The van der Waals surface area contributed by atoms with Gasteiger partial charge in [-0.3, -0.25) is 14.7 Å². The second kappa shape index (κ2) is 5.05. The van der Waals surface area contributed by atoms with Gasteiger partial charge in [0.1, 0.15) is 0 Å². The minimum absolute atomic E-state index is 0.0586. The molecular weight excluding hydrogens is 176 g/mol. The van der Waals surface area contributed by atoms with Gasteiger partial charge in [-0.15, -0.1) is 0 Å². The van der Waals surface area contributed by atoms with Gasteiger partial charge in [0.2, 0.25) is 0 Å². The minimum atomic E-state index is -0.0586. The van der Waals surface area contributed by atoms with Crippen LogP contribution in [0.1, 0.15) is 19.8 Å². The highest BCUT2D eigenvalue weighted by molar-refractivity contribution is 5.84. The quantitative estimate of drug-likeness (QED) is 0.634. The lowest BCUT2D eigenvalue weighted by molar-refractivity contribution is -0.120. The first-order valence-electron chi connectivity index (χ1n) is 4.97. The van der Waals surface area contributed by atoms with Crippen LogP contribution in [0.2, 0.25) is 0 Å². The number of carbonyl (C=O) groups excluding carboxylic acids is 1. The highest BCUT2D eigenvalue weighted by Crippen LogP contribution is 2.16. The molecule has 0 aromatic heterocycles. The van der Waals surface area contributed by atoms with E-state index in [9.17, 15) is 4.79 Å². The van der Waals surface area contributed by atoms with E-state index in [2.05, 4.69) is 11.1 Å². The topological polar surface area (TPSA) is 32.7 Å². The molecule has 0 N–H and O–H groups in total. The highest BCUT2D eigenvalue weighted by atomic mass is 16.1. The number of hydrogen-bond donors (Lipinski definition) is 0. The molecule has 1 heterocycles. The molecule has 0 aliphatic carbocycles. The number of rotatable bonds is 3. The van der Waals surface area contributed by atoms with Crippen LogP contribution in [-0.2, 0) is 4.79 Å². The summed E-state index contributed by atoms with van der Waals surface area (Å²) in [5.41, 5.74) is 1.21. The van der Waals surface area contributed by atoms with Gasteiger partial charge in [0.15, 0.2) is 5.78 Å². The van der Waals surface area contributed by atoms with Crippen molar-refractivity contribution in [2.75, 3.05) is 20.6 Å². The minimum Gasteiger partial charge on any atom is -0.298 e. The second-order valence-corrected chi connectivity index (χ2v) is 3.84. The molecule has 0 saturated heterocycles. The first kappa shape index (κ1) is 11.1. The molecule has 1 aliphatic rings. The van der Waals surface area contributed by atoms with E-state index in [1.54, 1.807) is 6.92 Å². The summed E-state index contributed by atoms with van der Waals surface area (Å²) in [5.74, 6) is 0.211. The van der Waals surface area contributed by atoms with Crippen molar-refractivity contribution in [3.63, 3.8) is 0 Å². The zero-order valence-electron chi connectivity index (χ0n) is 9.16. The Kier molecular flexibility index (Phi) is 4.01. The Bertz CT molecular complexity index is 266. The zero-order chi connectivity index (χ0) is 10.6. The maximum absolute atomic E-state index is 11.5. The summed E-state index contributed by atoms with van der Waals surface area (Å²) < 4.78 is 0. The smallest absolute Gasteiger partial charge is 0.151 e. The largest absolute Gasteiger partial charge is 0.298 e. The molecule has 3 heteroatoms. The van der Waals surface area contributed by atoms with Crippen LogP contribution >= 0.6 is 0 Å². The molecule has 1 atom stereocenters. The van der Waals surface area contributed by atoms with Crippen LogP contribution in [0.15, 0.2) is 16.6 Å². The summed E-state index contributed by atoms with van der Waals surface area (Å²) in [6, 6.07) is -0.0586. The summed E-state index contributed by atoms with van der Waals surface area (Å²) in [6.45, 7) is 2.37. The van der Waals surface area contributed by atoms with Crippen molar-refractivity contribution in [1.82, 2.24) is 4.90 Å². The van der Waals surface area contributed by atoms with Crippen molar-refractivity contribution >= 4 is 12.0 Å². The third-order valence-electron chi connectivity index (χ3n) is 2.40. The van der Waals surface area contributed by atoms with Crippen molar-refractivity contribution in [2.24, 2.45) is 4.99 Å². The Hall–Kier alpha value is -0.960. The van der Waals surface area contributed by atoms with Crippen LogP contribution in [0.4, 0.5) is 0 Å². The molecule has 14 heavy (non-hydrogen) atoms. The maximum Gasteiger partial charge on any atom is 0.151 e. The number of Topliss-reactive ketones (excluding diaryl/α,β-unsaturated/α-hetero) is 1. The lowest BCUT2D eigenvalue weighted by Gasteiger charge is -2.24. The number of ketones is 1. The van der Waals surface area contributed by atoms with Gasteiger partial charge in [0.25, 0.3) is 0 Å². The zero-order valence-corrected chi connectivity index (χ0v) is 9.16. The summed E-state index contributed by atoms with van der Waals surface area (Å²) in [6.07, 6.45) is 5.92. The van der Waals surface area contributed by atoms with E-state index in [-0.39, 0.29) is 11.8 Å². The molecule has 0 radical (unpaired) electrons. The maximum atomic E-state index is 11.5. The Balaban J connectivity index is 2.78. The molecule has 78 valence electrons. The van der Waals surface area contributed by atoms with Crippen LogP contribution in [-0.4, -0.2) is 43.6 Å². The Morgan fingerprint density at radius 2 is 2.29 bits per heavy atom. The fourth-order valence-corrected chi connectivity index (χ4v) is 1.87. The molecule has 0 spiro atoms. The van der Waals surface area contributed by atoms with E-state index in [0.717, 1.165) is 12.8 Å². The van der Waals surface area contributed by atoms with Crippen LogP contribution in [0.5, 0.6) is 0 Å². The SMILES string of the molecule is CC(=O)C(C1=CCN=CCC1)N(C)C. The summed E-state index contributed by atoms with van der Waals surface area (Å²) >= 11 is 0. The molecule has 3 nitrogen and oxygen atoms in total. The second-order valence-electron chi connectivity index (χ2n) is 3.84. The van der Waals surface area contributed by atoms with E-state index < -0.39 is 0 Å². The summed E-state index contributed by atoms with van der Waals surface area (Å²) in [7, 11) is 3.89. The van der Waals surface area contributed by atoms with Gasteiger partial charge in [-0.25, -0.2) is 0 Å². The van der Waals surface area contributed by atoms with Gasteiger partial charge < -0.3 is 0 Å². The van der Waals surface area contributed by atoms with Gasteiger partial charge >= 0.3 is 0 Å². The number of aliphatic imine (C=N–C) groups is 1. The van der Waals surface area contributed by atoms with Crippen molar-refractivity contribution in [1.29, 1.82) is 0 Å². The van der Waals surface area contributed by atoms with E-state index in [1.165, 1.54) is 5.57 Å². The van der Waals surface area contributed by atoms with Gasteiger partial charge in [-0.05, 0) is 45.6 Å². The van der Waals surface area contributed by atoms with E-state index in [0.29, 0.717) is 6.54 Å². The average molecular weight is 194 g/mol. The molecule has 0 aromatic rings. The average Bonchev–Trinajstić information content (AvgIpc) is 2.31. The monoisotopic (exact) mass is 194 g/mol. The van der Waals surface area contributed by atoms with Crippen LogP contribution in [0, 0.1) is 0 Å². The van der Waals surface area contributed by atoms with Gasteiger partial charge in [0, 0.05) is 0 Å². The normalized spacial score (nSPS) is 19.0. The molecule has 1 unspecified atom stereocenters. The van der Waals surface area contributed by atoms with E-state index in [4.69, 9.17) is 0 Å². The first-order valence-corrected chi connectivity index (χ1v) is 4.97. The number of carbonyl (C=O) groups is 1. The Morgan fingerprint density at radius 3 is 2.86 bits per heavy atom. The molecule has 0 bridgehead atoms. The van der Waals surface area contributed by atoms with Gasteiger partial charge in [-0.2, -0.15) is 0 Å². The molecule has 0 fully saturated rings. The fourth-order valence-electron chi connectivity index (χ4n) is 1.87. The van der Waals surface area contributed by atoms with Crippen molar-refractivity contribution in [2.45, 2.75) is 25.8 Å². The molecule has 1 aliphatic heterocycles. The lowest BCUT2D eigenvalue weighted by Crippen LogP contribution is -2.36. The van der Waals surface area contributed by atoms with E-state index >= 15 is 0 Å². The van der Waals surface area contributed by atoms with Gasteiger partial charge in [-0.1, -0.05) is 6.08 Å². The van der Waals surface area contributed by atoms with Crippen LogP contribution < -0.4 is 0 Å². The molecule has 1 rings (SSSR count). The third-order valence-corrected chi connectivity index (χ3v) is 2.40. The summed E-state index contributed by atoms with van der Waals surface area (Å²) in [5, 5.41) is 0. The predicted molar refractivity (Wildman–Crippen MR) is 58.8 cm³/mol. The first-order chi connectivity index (χ1) is 6.63. The molecular formula is C11H18N2O. The standard InChI is InChI=1S/C11H18N2O/c1-9(14)11(13(2)3)10-5-4-7-12-8-6-10/h6-7,11H,4-5,8H2,1-3H3. The van der Waals surface area contributed by atoms with Crippen molar-refractivity contribution < 1.29 is 4.79 Å². The Morgan fingerprint density at radius 1 is 1.57 bits per heavy atom. The number of likely N-dealkylation sites (N-methyl/N-ethyl adjacent to an activating group) is 1. The third kappa shape index (κ3) is 2.77. The number of nitrogens with zero attached hydrogens (tertiary/aromatic N) is 2. The molecule has 0 saturated carbocycles. The van der Waals surface area contributed by atoms with Crippen LogP contribution in [0.3, 0.4) is 0 Å². The molecule has 0 amide bonds.